The van der Waals surface area contributed by atoms with Crippen molar-refractivity contribution in [3.8, 4) is 28.6 Å². The van der Waals surface area contributed by atoms with E-state index in [4.69, 9.17) is 9.72 Å². The molecule has 4 heteroatoms. The highest BCUT2D eigenvalue weighted by Crippen LogP contribution is 2.36. The molecule has 0 amide bonds. The minimum absolute atomic E-state index is 0.0245. The molecule has 7 rings (SSSR count). The fraction of sp³-hybridized carbons (Fsp3) is 0.111. The van der Waals surface area contributed by atoms with Crippen molar-refractivity contribution >= 4 is 32.6 Å². The second-order valence-electron chi connectivity index (χ2n) is 11.2. The maximum Gasteiger partial charge on any atom is 0.219 e. The van der Waals surface area contributed by atoms with Gasteiger partial charge >= 0.3 is 0 Å². The normalized spacial score (nSPS) is 11.9. The zero-order chi connectivity index (χ0) is 27.3. The molecule has 0 aliphatic rings. The summed E-state index contributed by atoms with van der Waals surface area (Å²) in [4.78, 5) is 9.32. The van der Waals surface area contributed by atoms with E-state index in [9.17, 15) is 0 Å². The summed E-state index contributed by atoms with van der Waals surface area (Å²) in [5.41, 5.74) is 5.66. The lowest BCUT2D eigenvalue weighted by molar-refractivity contribution is 0.459. The van der Waals surface area contributed by atoms with Gasteiger partial charge in [0.15, 0.2) is 0 Å². The highest BCUT2D eigenvalue weighted by molar-refractivity contribution is 6.10. The molecule has 0 atom stereocenters. The Balaban J connectivity index is 1.33. The Labute approximate surface area is 233 Å². The maximum atomic E-state index is 6.22. The molecule has 0 aliphatic carbocycles. The zero-order valence-electron chi connectivity index (χ0n) is 22.8. The molecule has 40 heavy (non-hydrogen) atoms. The molecule has 0 spiro atoms. The number of hydrogen-bond donors (Lipinski definition) is 0. The number of pyridine rings is 2. The van der Waals surface area contributed by atoms with Gasteiger partial charge in [-0.25, -0.2) is 9.97 Å². The molecular weight excluding hydrogens is 490 g/mol. The third-order valence-corrected chi connectivity index (χ3v) is 7.51. The van der Waals surface area contributed by atoms with Crippen molar-refractivity contribution in [2.24, 2.45) is 0 Å². The van der Waals surface area contributed by atoms with E-state index in [2.05, 4.69) is 109 Å². The third-order valence-electron chi connectivity index (χ3n) is 7.51. The number of rotatable bonds is 4. The number of fused-ring (bicyclic) bond motifs is 4. The lowest BCUT2D eigenvalue weighted by Gasteiger charge is -2.19. The Kier molecular flexibility index (Phi) is 5.64. The molecule has 0 bridgehead atoms. The van der Waals surface area contributed by atoms with Crippen LogP contribution in [0.15, 0.2) is 122 Å². The largest absolute Gasteiger partial charge is 0.439 e. The molecule has 0 fully saturated rings. The van der Waals surface area contributed by atoms with Crippen LogP contribution in [0.5, 0.6) is 11.6 Å². The lowest BCUT2D eigenvalue weighted by atomic mass is 9.88. The summed E-state index contributed by atoms with van der Waals surface area (Å²) in [6.45, 7) is 6.57. The van der Waals surface area contributed by atoms with Crippen LogP contribution in [0.3, 0.4) is 0 Å². The van der Waals surface area contributed by atoms with E-state index in [1.807, 2.05) is 42.7 Å². The van der Waals surface area contributed by atoms with E-state index in [0.717, 1.165) is 39.1 Å². The van der Waals surface area contributed by atoms with Crippen molar-refractivity contribution in [2.75, 3.05) is 0 Å². The fourth-order valence-corrected chi connectivity index (χ4v) is 5.38. The van der Waals surface area contributed by atoms with Crippen molar-refractivity contribution in [1.29, 1.82) is 0 Å². The predicted octanol–water partition coefficient (Wildman–Crippen LogP) is 9.48. The number of benzene rings is 4. The molecule has 3 aromatic heterocycles. The van der Waals surface area contributed by atoms with E-state index >= 15 is 0 Å². The van der Waals surface area contributed by atoms with Gasteiger partial charge in [-0.15, -0.1) is 0 Å². The number of nitrogens with zero attached hydrogens (tertiary/aromatic N) is 3. The van der Waals surface area contributed by atoms with Crippen molar-refractivity contribution < 1.29 is 4.74 Å². The van der Waals surface area contributed by atoms with Gasteiger partial charge in [0.25, 0.3) is 0 Å². The predicted molar refractivity (Wildman–Crippen MR) is 165 cm³/mol. The Morgan fingerprint density at radius 3 is 2.27 bits per heavy atom. The van der Waals surface area contributed by atoms with E-state index in [0.29, 0.717) is 5.88 Å². The van der Waals surface area contributed by atoms with Gasteiger partial charge in [0.2, 0.25) is 5.88 Å². The van der Waals surface area contributed by atoms with Crippen LogP contribution in [0.4, 0.5) is 0 Å². The summed E-state index contributed by atoms with van der Waals surface area (Å²) in [7, 11) is 0. The lowest BCUT2D eigenvalue weighted by Crippen LogP contribution is -2.11. The van der Waals surface area contributed by atoms with Crippen LogP contribution in [-0.2, 0) is 5.41 Å². The van der Waals surface area contributed by atoms with E-state index in [-0.39, 0.29) is 5.41 Å². The first kappa shape index (κ1) is 24.1. The number of para-hydroxylation sites is 1. The monoisotopic (exact) mass is 519 g/mol. The van der Waals surface area contributed by atoms with E-state index in [1.165, 1.54) is 21.7 Å². The van der Waals surface area contributed by atoms with Gasteiger partial charge in [-0.2, -0.15) is 0 Å². The fourth-order valence-electron chi connectivity index (χ4n) is 5.38. The van der Waals surface area contributed by atoms with Crippen molar-refractivity contribution in [1.82, 2.24) is 14.5 Å². The third kappa shape index (κ3) is 4.28. The van der Waals surface area contributed by atoms with Gasteiger partial charge in [-0.05, 0) is 63.9 Å². The molecule has 7 aromatic rings. The van der Waals surface area contributed by atoms with Gasteiger partial charge in [-0.3, -0.25) is 4.57 Å². The molecule has 194 valence electrons. The second-order valence-corrected chi connectivity index (χ2v) is 11.2. The smallest absolute Gasteiger partial charge is 0.219 e. The summed E-state index contributed by atoms with van der Waals surface area (Å²) in [6, 6.07) is 38.0. The average molecular weight is 520 g/mol. The first-order valence-electron chi connectivity index (χ1n) is 13.6. The van der Waals surface area contributed by atoms with Crippen molar-refractivity contribution in [3.05, 3.63) is 127 Å². The molecule has 0 N–H and O–H groups in total. The Bertz CT molecular complexity index is 2030. The minimum Gasteiger partial charge on any atom is -0.439 e. The summed E-state index contributed by atoms with van der Waals surface area (Å²) < 4.78 is 8.49. The number of aromatic nitrogens is 3. The molecule has 0 unspecified atom stereocenters. The SMILES string of the molecule is CC(C)(C)c1ccnc(Oc2cccc(-c3ccc4c5ccccc5n(-c5cc6ccccc6cn5)c4c3)c2)c1. The standard InChI is InChI=1S/C36H29N3O/c1-36(2,3)28-17-18-37-35(22-28)40-29-12-8-11-24(19-29)26-15-16-31-30-13-6-7-14-32(30)39(33(31)20-26)34-21-25-9-4-5-10-27(25)23-38-34/h4-23H,1-3H3. The summed E-state index contributed by atoms with van der Waals surface area (Å²) in [6.07, 6.45) is 3.77. The Morgan fingerprint density at radius 1 is 0.625 bits per heavy atom. The molecule has 0 aliphatic heterocycles. The van der Waals surface area contributed by atoms with Crippen LogP contribution >= 0.6 is 0 Å². The number of hydrogen-bond acceptors (Lipinski definition) is 3. The minimum atomic E-state index is 0.0245. The summed E-state index contributed by atoms with van der Waals surface area (Å²) >= 11 is 0. The van der Waals surface area contributed by atoms with Crippen LogP contribution in [0.1, 0.15) is 26.3 Å². The van der Waals surface area contributed by atoms with Crippen molar-refractivity contribution in [2.45, 2.75) is 26.2 Å². The molecule has 4 aromatic carbocycles. The van der Waals surface area contributed by atoms with E-state index in [1.54, 1.807) is 0 Å². The molecule has 0 saturated heterocycles. The number of ether oxygens (including phenoxy) is 1. The van der Waals surface area contributed by atoms with Gasteiger partial charge in [0, 0.05) is 34.6 Å². The summed E-state index contributed by atoms with van der Waals surface area (Å²) in [5.74, 6) is 2.26. The molecule has 4 nitrogen and oxygen atoms in total. The molecular formula is C36H29N3O. The zero-order valence-corrected chi connectivity index (χ0v) is 22.8. The maximum absolute atomic E-state index is 6.22. The van der Waals surface area contributed by atoms with Gasteiger partial charge < -0.3 is 4.74 Å². The summed E-state index contributed by atoms with van der Waals surface area (Å²) in [5, 5.41) is 4.71. The average Bonchev–Trinajstić information content (AvgIpc) is 3.30. The topological polar surface area (TPSA) is 39.9 Å². The Hall–Kier alpha value is -4.96. The Morgan fingerprint density at radius 2 is 1.40 bits per heavy atom. The van der Waals surface area contributed by atoms with Gasteiger partial charge in [-0.1, -0.05) is 87.5 Å². The van der Waals surface area contributed by atoms with Crippen LogP contribution in [0.2, 0.25) is 0 Å². The van der Waals surface area contributed by atoms with E-state index < -0.39 is 0 Å². The molecule has 0 radical (unpaired) electrons. The van der Waals surface area contributed by atoms with Crippen molar-refractivity contribution in [3.63, 3.8) is 0 Å². The molecule has 0 saturated carbocycles. The highest BCUT2D eigenvalue weighted by Gasteiger charge is 2.16. The first-order chi connectivity index (χ1) is 19.4. The second kappa shape index (κ2) is 9.35. The van der Waals surface area contributed by atoms with Gasteiger partial charge in [0.05, 0.1) is 11.0 Å². The molecule has 3 heterocycles. The van der Waals surface area contributed by atoms with Crippen LogP contribution in [-0.4, -0.2) is 14.5 Å². The van der Waals surface area contributed by atoms with Crippen LogP contribution < -0.4 is 4.74 Å². The first-order valence-corrected chi connectivity index (χ1v) is 13.6. The van der Waals surface area contributed by atoms with Crippen LogP contribution in [0, 0.1) is 0 Å². The van der Waals surface area contributed by atoms with Crippen LogP contribution in [0.25, 0.3) is 49.5 Å². The van der Waals surface area contributed by atoms with Gasteiger partial charge in [0.1, 0.15) is 11.6 Å². The quantitative estimate of drug-likeness (QED) is 0.232. The highest BCUT2D eigenvalue weighted by atomic mass is 16.5.